The van der Waals surface area contributed by atoms with E-state index in [9.17, 15) is 14.7 Å². The molecule has 2 aliphatic heterocycles. The molecule has 1 amide bonds. The quantitative estimate of drug-likeness (QED) is 0.472. The molecule has 0 radical (unpaired) electrons. The summed E-state index contributed by atoms with van der Waals surface area (Å²) in [6.45, 7) is 1.91. The van der Waals surface area contributed by atoms with Crippen LogP contribution >= 0.6 is 11.8 Å². The summed E-state index contributed by atoms with van der Waals surface area (Å²) < 4.78 is 5.60. The second-order valence-electron chi connectivity index (χ2n) is 4.57. The fraction of sp³-hybridized carbons (Fsp3) is 0.286. The van der Waals surface area contributed by atoms with Crippen LogP contribution in [0.2, 0.25) is 0 Å². The zero-order chi connectivity index (χ0) is 14.3. The number of ether oxygens (including phenoxy) is 1. The van der Waals surface area contributed by atoms with Gasteiger partial charge >= 0.3 is 29.6 Å². The summed E-state index contributed by atoms with van der Waals surface area (Å²) in [5, 5.41) is 11.3. The summed E-state index contributed by atoms with van der Waals surface area (Å²) in [5.41, 5.74) is -0.154. The normalized spacial score (nSPS) is 23.3. The minimum absolute atomic E-state index is 0. The van der Waals surface area contributed by atoms with Gasteiger partial charge in [0.25, 0.3) is 0 Å². The van der Waals surface area contributed by atoms with E-state index in [0.29, 0.717) is 12.2 Å². The van der Waals surface area contributed by atoms with Crippen LogP contribution in [-0.4, -0.2) is 22.2 Å². The molecule has 2 atom stereocenters. The van der Waals surface area contributed by atoms with Crippen molar-refractivity contribution in [3.05, 3.63) is 41.1 Å². The molecule has 0 aromatic heterocycles. The molecule has 1 saturated heterocycles. The number of aliphatic carboxylic acids is 1. The van der Waals surface area contributed by atoms with Gasteiger partial charge in [0.15, 0.2) is 5.09 Å². The maximum Gasteiger partial charge on any atom is 1.00 e. The third kappa shape index (κ3) is 2.73. The summed E-state index contributed by atoms with van der Waals surface area (Å²) in [7, 11) is 0. The standard InChI is InChI=1S/C14H13NO4S.Na/c1-2-9-11(16)15-10(13(17)18)14(20-12(9)15)19-8-6-4-3-5-7-8;/h3-7,9,12H,2H2,1H3,(H,17,18);/q;+1/p-1. The van der Waals surface area contributed by atoms with Crippen molar-refractivity contribution in [3.8, 4) is 5.75 Å². The van der Waals surface area contributed by atoms with Crippen molar-refractivity contribution in [2.75, 3.05) is 0 Å². The van der Waals surface area contributed by atoms with Crippen LogP contribution in [0.15, 0.2) is 41.1 Å². The average molecular weight is 313 g/mol. The van der Waals surface area contributed by atoms with Gasteiger partial charge in [0.2, 0.25) is 5.91 Å². The first-order valence-electron chi connectivity index (χ1n) is 6.31. The van der Waals surface area contributed by atoms with E-state index in [1.54, 1.807) is 24.3 Å². The Labute approximate surface area is 148 Å². The van der Waals surface area contributed by atoms with E-state index in [-0.39, 0.29) is 57.5 Å². The first-order chi connectivity index (χ1) is 9.63. The molecule has 0 saturated carbocycles. The van der Waals surface area contributed by atoms with E-state index in [2.05, 4.69) is 0 Å². The van der Waals surface area contributed by atoms with Crippen molar-refractivity contribution in [2.45, 2.75) is 18.7 Å². The molecule has 1 aromatic rings. The summed E-state index contributed by atoms with van der Waals surface area (Å²) in [6.07, 6.45) is 0.686. The first-order valence-corrected chi connectivity index (χ1v) is 7.19. The number of benzene rings is 1. The first kappa shape index (κ1) is 16.4. The molecule has 1 aromatic carbocycles. The number of amides is 1. The van der Waals surface area contributed by atoms with Crippen molar-refractivity contribution >= 4 is 23.6 Å². The predicted octanol–water partition coefficient (Wildman–Crippen LogP) is -2.07. The van der Waals surface area contributed by atoms with Crippen molar-refractivity contribution in [3.63, 3.8) is 0 Å². The van der Waals surface area contributed by atoms with E-state index in [1.807, 2.05) is 13.0 Å². The molecule has 7 heteroatoms. The van der Waals surface area contributed by atoms with E-state index in [4.69, 9.17) is 4.74 Å². The molecule has 0 N–H and O–H groups in total. The largest absolute Gasteiger partial charge is 1.00 e. The third-order valence-electron chi connectivity index (χ3n) is 3.40. The van der Waals surface area contributed by atoms with Crippen LogP contribution < -0.4 is 39.4 Å². The Morgan fingerprint density at radius 1 is 1.38 bits per heavy atom. The minimum atomic E-state index is -1.38. The van der Waals surface area contributed by atoms with Crippen LogP contribution in [-0.2, 0) is 9.59 Å². The monoisotopic (exact) mass is 313 g/mol. The Balaban J connectivity index is 0.00000161. The predicted molar refractivity (Wildman–Crippen MR) is 71.1 cm³/mol. The molecule has 0 spiro atoms. The van der Waals surface area contributed by atoms with E-state index >= 15 is 0 Å². The zero-order valence-corrected chi connectivity index (χ0v) is 14.6. The van der Waals surface area contributed by atoms with Crippen LogP contribution in [0.5, 0.6) is 5.75 Å². The van der Waals surface area contributed by atoms with Crippen molar-refractivity contribution in [1.29, 1.82) is 0 Å². The number of thioether (sulfide) groups is 1. The molecule has 0 aliphatic carbocycles. The Kier molecular flexibility index (Phi) is 5.03. The van der Waals surface area contributed by atoms with Crippen LogP contribution in [0.25, 0.3) is 0 Å². The maximum absolute atomic E-state index is 11.9. The molecule has 2 heterocycles. The smallest absolute Gasteiger partial charge is 0.543 e. The zero-order valence-electron chi connectivity index (χ0n) is 11.7. The average Bonchev–Trinajstić information content (AvgIpc) is 2.76. The number of hydrogen-bond donors (Lipinski definition) is 0. The topological polar surface area (TPSA) is 69.7 Å². The fourth-order valence-electron chi connectivity index (χ4n) is 2.39. The van der Waals surface area contributed by atoms with Gasteiger partial charge in [-0.05, 0) is 18.6 Å². The number of carboxylic acids is 1. The Morgan fingerprint density at radius 2 is 2.05 bits per heavy atom. The molecule has 104 valence electrons. The molecule has 2 aliphatic rings. The van der Waals surface area contributed by atoms with Gasteiger partial charge in [-0.15, -0.1) is 0 Å². The van der Waals surface area contributed by atoms with Crippen molar-refractivity contribution < 1.29 is 49.0 Å². The van der Waals surface area contributed by atoms with Crippen LogP contribution in [0.4, 0.5) is 0 Å². The van der Waals surface area contributed by atoms with Gasteiger partial charge in [-0.2, -0.15) is 0 Å². The fourth-order valence-corrected chi connectivity index (χ4v) is 3.83. The number of hydrogen-bond acceptors (Lipinski definition) is 5. The Morgan fingerprint density at radius 3 is 2.62 bits per heavy atom. The van der Waals surface area contributed by atoms with Gasteiger partial charge in [0.1, 0.15) is 16.8 Å². The van der Waals surface area contributed by atoms with E-state index in [0.717, 1.165) is 0 Å². The van der Waals surface area contributed by atoms with Crippen LogP contribution in [0.1, 0.15) is 13.3 Å². The molecule has 5 nitrogen and oxygen atoms in total. The molecule has 2 unspecified atom stereocenters. The van der Waals surface area contributed by atoms with Gasteiger partial charge in [0, 0.05) is 0 Å². The van der Waals surface area contributed by atoms with Gasteiger partial charge < -0.3 is 14.6 Å². The summed E-state index contributed by atoms with van der Waals surface area (Å²) in [5.74, 6) is -1.16. The number of nitrogens with zero attached hydrogens (tertiary/aromatic N) is 1. The van der Waals surface area contributed by atoms with Crippen molar-refractivity contribution in [2.24, 2.45) is 5.92 Å². The molecule has 21 heavy (non-hydrogen) atoms. The maximum atomic E-state index is 11.9. The molecule has 1 fully saturated rings. The van der Waals surface area contributed by atoms with Gasteiger partial charge in [-0.3, -0.25) is 9.69 Å². The van der Waals surface area contributed by atoms with Crippen LogP contribution in [0, 0.1) is 5.92 Å². The SMILES string of the molecule is CCC1C(=O)N2C(C(=O)[O-])=C(Oc3ccccc3)SC12.[Na+]. The second-order valence-corrected chi connectivity index (χ2v) is 5.66. The number of β-lactam (4-membered cyclic amide) rings is 1. The number of para-hydroxylation sites is 1. The summed E-state index contributed by atoms with van der Waals surface area (Å²) in [6, 6.07) is 8.89. The van der Waals surface area contributed by atoms with Gasteiger partial charge in [-0.25, -0.2) is 0 Å². The summed E-state index contributed by atoms with van der Waals surface area (Å²) in [4.78, 5) is 24.5. The third-order valence-corrected chi connectivity index (χ3v) is 4.67. The van der Waals surface area contributed by atoms with Crippen LogP contribution in [0.3, 0.4) is 0 Å². The second kappa shape index (κ2) is 6.44. The van der Waals surface area contributed by atoms with Crippen molar-refractivity contribution in [1.82, 2.24) is 4.90 Å². The molecular weight excluding hydrogens is 301 g/mol. The number of carboxylic acid groups (broad SMARTS) is 1. The number of fused-ring (bicyclic) bond motifs is 1. The van der Waals surface area contributed by atoms with Gasteiger partial charge in [0.05, 0.1) is 11.9 Å². The minimum Gasteiger partial charge on any atom is -0.543 e. The van der Waals surface area contributed by atoms with Gasteiger partial charge in [-0.1, -0.05) is 36.9 Å². The van der Waals surface area contributed by atoms with E-state index in [1.165, 1.54) is 16.7 Å². The Hall–Kier alpha value is -0.950. The summed E-state index contributed by atoms with van der Waals surface area (Å²) >= 11 is 1.27. The Bertz CT molecular complexity index is 604. The number of rotatable bonds is 4. The number of carbonyl (C=O) groups is 2. The molecule has 0 bridgehead atoms. The van der Waals surface area contributed by atoms with E-state index < -0.39 is 5.97 Å². The molecular formula is C14H12NNaO4S. The number of carbonyl (C=O) groups excluding carboxylic acids is 2. The molecule has 3 rings (SSSR count).